The van der Waals surface area contributed by atoms with Crippen LogP contribution in [0.25, 0.3) is 0 Å². The van der Waals surface area contributed by atoms with Gasteiger partial charge < -0.3 is 33.5 Å². The molecule has 9 nitrogen and oxygen atoms in total. The van der Waals surface area contributed by atoms with Gasteiger partial charge in [0, 0.05) is 12.0 Å². The molecule has 0 aromatic heterocycles. The van der Waals surface area contributed by atoms with E-state index in [1.807, 2.05) is 0 Å². The highest BCUT2D eigenvalue weighted by atomic mass is 16.7. The van der Waals surface area contributed by atoms with Crippen LogP contribution in [-0.4, -0.2) is 43.6 Å². The van der Waals surface area contributed by atoms with Crippen molar-refractivity contribution in [3.05, 3.63) is 51.7 Å². The van der Waals surface area contributed by atoms with Gasteiger partial charge in [-0.2, -0.15) is 0 Å². The first-order chi connectivity index (χ1) is 13.9. The standard InChI is InChI=1S/C20H15NO8/c1-21(24)5-4-10-6-14-15(27-8-26-14)7-12(10)20(21)18(22)11-2-3-13-17(28-9-25-13)16(11)19(23)29-20/h2-3,6-7H,4-5,8-9H2,1H3. The number of Topliss-reactive ketones (excluding diaryl/α,β-unsaturated/α-hetero) is 1. The molecule has 0 saturated carbocycles. The lowest BCUT2D eigenvalue weighted by molar-refractivity contribution is -0.936. The number of ketones is 1. The molecular formula is C20H15NO8. The van der Waals surface area contributed by atoms with Crippen molar-refractivity contribution < 1.29 is 37.9 Å². The Balaban J connectivity index is 1.62. The number of hydrogen-bond acceptors (Lipinski definition) is 8. The van der Waals surface area contributed by atoms with Gasteiger partial charge in [0.05, 0.1) is 19.2 Å². The monoisotopic (exact) mass is 397 g/mol. The van der Waals surface area contributed by atoms with E-state index in [0.717, 1.165) is 0 Å². The lowest BCUT2D eigenvalue weighted by Gasteiger charge is -2.55. The van der Waals surface area contributed by atoms with Crippen LogP contribution in [0.3, 0.4) is 0 Å². The topological polar surface area (TPSA) is 103 Å². The first-order valence-corrected chi connectivity index (χ1v) is 9.13. The van der Waals surface area contributed by atoms with Gasteiger partial charge in [-0.05, 0) is 29.8 Å². The molecule has 0 fully saturated rings. The summed E-state index contributed by atoms with van der Waals surface area (Å²) in [6, 6.07) is 6.36. The lowest BCUT2D eigenvalue weighted by atomic mass is 9.80. The number of esters is 1. The number of carbonyl (C=O) groups excluding carboxylic acids is 2. The second-order valence-electron chi connectivity index (χ2n) is 7.52. The van der Waals surface area contributed by atoms with Crippen LogP contribution in [0.4, 0.5) is 0 Å². The van der Waals surface area contributed by atoms with Crippen molar-refractivity contribution in [2.24, 2.45) is 0 Å². The number of ether oxygens (including phenoxy) is 5. The van der Waals surface area contributed by atoms with Crippen molar-refractivity contribution in [2.45, 2.75) is 12.1 Å². The summed E-state index contributed by atoms with van der Waals surface area (Å²) >= 11 is 0. The third-order valence-electron chi connectivity index (χ3n) is 5.97. The van der Waals surface area contributed by atoms with Crippen LogP contribution in [0, 0.1) is 5.21 Å². The molecule has 2 aromatic carbocycles. The molecule has 2 aromatic rings. The molecule has 4 aliphatic heterocycles. The highest BCUT2D eigenvalue weighted by Gasteiger charge is 2.63. The summed E-state index contributed by atoms with van der Waals surface area (Å²) in [5.41, 5.74) is -0.954. The van der Waals surface area contributed by atoms with Crippen LogP contribution < -0.4 is 18.9 Å². The van der Waals surface area contributed by atoms with Crippen molar-refractivity contribution in [1.82, 2.24) is 0 Å². The largest absolute Gasteiger partial charge is 0.629 e. The van der Waals surface area contributed by atoms with Crippen molar-refractivity contribution in [1.29, 1.82) is 0 Å². The van der Waals surface area contributed by atoms with E-state index in [-0.39, 0.29) is 37.0 Å². The summed E-state index contributed by atoms with van der Waals surface area (Å²) in [6.07, 6.45) is 0.409. The summed E-state index contributed by atoms with van der Waals surface area (Å²) in [5.74, 6) is 0.0776. The van der Waals surface area contributed by atoms with Gasteiger partial charge in [0.25, 0.3) is 5.78 Å². The number of quaternary nitrogens is 1. The second-order valence-corrected chi connectivity index (χ2v) is 7.52. The number of hydroxylamine groups is 3. The molecule has 0 saturated heterocycles. The van der Waals surface area contributed by atoms with Gasteiger partial charge in [-0.15, -0.1) is 0 Å². The molecule has 9 heteroatoms. The van der Waals surface area contributed by atoms with E-state index in [2.05, 4.69) is 0 Å². The van der Waals surface area contributed by atoms with Crippen molar-refractivity contribution in [3.8, 4) is 23.0 Å². The maximum atomic E-state index is 13.8. The number of hydrogen-bond donors (Lipinski definition) is 0. The molecule has 6 rings (SSSR count). The first kappa shape index (κ1) is 16.6. The lowest BCUT2D eigenvalue weighted by Crippen LogP contribution is -2.67. The van der Waals surface area contributed by atoms with Gasteiger partial charge in [0.2, 0.25) is 13.6 Å². The molecule has 0 aliphatic carbocycles. The maximum absolute atomic E-state index is 13.8. The van der Waals surface area contributed by atoms with Gasteiger partial charge in [0.15, 0.2) is 23.0 Å². The van der Waals surface area contributed by atoms with E-state index >= 15 is 0 Å². The molecule has 4 heterocycles. The molecule has 0 N–H and O–H groups in total. The third-order valence-corrected chi connectivity index (χ3v) is 5.97. The quantitative estimate of drug-likeness (QED) is 0.377. The SMILES string of the molecule is C[N+]1([O-])CCc2cc3c(cc2C12OC(=O)c1c(ccc4c1OCO4)C2=O)OCO3. The van der Waals surface area contributed by atoms with E-state index < -0.39 is 22.1 Å². The van der Waals surface area contributed by atoms with Crippen molar-refractivity contribution in [2.75, 3.05) is 27.2 Å². The minimum atomic E-state index is -2.06. The molecule has 0 amide bonds. The van der Waals surface area contributed by atoms with Gasteiger partial charge in [-0.1, -0.05) is 0 Å². The molecule has 1 spiro atoms. The molecule has 2 atom stereocenters. The van der Waals surface area contributed by atoms with Gasteiger partial charge in [-0.3, -0.25) is 4.79 Å². The summed E-state index contributed by atoms with van der Waals surface area (Å²) in [5, 5.41) is 13.6. The summed E-state index contributed by atoms with van der Waals surface area (Å²) in [7, 11) is 1.34. The Bertz CT molecular complexity index is 1120. The van der Waals surface area contributed by atoms with Crippen LogP contribution in [0.5, 0.6) is 23.0 Å². The average molecular weight is 397 g/mol. The smallest absolute Gasteiger partial charge is 0.348 e. The van der Waals surface area contributed by atoms with Gasteiger partial charge >= 0.3 is 11.7 Å². The maximum Gasteiger partial charge on any atom is 0.348 e. The highest BCUT2D eigenvalue weighted by molar-refractivity contribution is 6.15. The number of fused-ring (bicyclic) bond motifs is 6. The Hall–Kier alpha value is -3.30. The zero-order valence-electron chi connectivity index (χ0n) is 15.4. The molecule has 2 unspecified atom stereocenters. The fourth-order valence-electron chi connectivity index (χ4n) is 4.52. The van der Waals surface area contributed by atoms with E-state index in [9.17, 15) is 14.8 Å². The van der Waals surface area contributed by atoms with Gasteiger partial charge in [-0.25, -0.2) is 4.79 Å². The number of likely N-dealkylation sites (N-methyl/N-ethyl adjacent to an activating group) is 1. The number of carbonyl (C=O) groups is 2. The fraction of sp³-hybridized carbons (Fsp3) is 0.300. The van der Waals surface area contributed by atoms with E-state index in [1.54, 1.807) is 18.2 Å². The van der Waals surface area contributed by atoms with Crippen LogP contribution >= 0.6 is 0 Å². The summed E-state index contributed by atoms with van der Waals surface area (Å²) < 4.78 is 26.2. The normalized spacial score (nSPS) is 28.2. The molecule has 0 bridgehead atoms. The van der Waals surface area contributed by atoms with Gasteiger partial charge in [0.1, 0.15) is 5.56 Å². The van der Waals surface area contributed by atoms with Crippen LogP contribution in [0.1, 0.15) is 31.8 Å². The minimum absolute atomic E-state index is 0.0107. The number of rotatable bonds is 0. The second kappa shape index (κ2) is 5.19. The van der Waals surface area contributed by atoms with Crippen LogP contribution in [-0.2, 0) is 16.9 Å². The van der Waals surface area contributed by atoms with E-state index in [4.69, 9.17) is 23.7 Å². The molecule has 4 aliphatic rings. The Labute approximate surface area is 164 Å². The Morgan fingerprint density at radius 2 is 1.72 bits per heavy atom. The molecular weight excluding hydrogens is 382 g/mol. The van der Waals surface area contributed by atoms with E-state index in [0.29, 0.717) is 34.8 Å². The predicted molar refractivity (Wildman–Crippen MR) is 94.7 cm³/mol. The van der Waals surface area contributed by atoms with Crippen molar-refractivity contribution in [3.63, 3.8) is 0 Å². The van der Waals surface area contributed by atoms with Crippen LogP contribution in [0.15, 0.2) is 24.3 Å². The summed E-state index contributed by atoms with van der Waals surface area (Å²) in [4.78, 5) is 26.8. The predicted octanol–water partition coefficient (Wildman–Crippen LogP) is 1.85. The van der Waals surface area contributed by atoms with Crippen LogP contribution in [0.2, 0.25) is 0 Å². The fourth-order valence-corrected chi connectivity index (χ4v) is 4.52. The number of benzene rings is 2. The number of nitrogens with zero attached hydrogens (tertiary/aromatic N) is 1. The zero-order valence-corrected chi connectivity index (χ0v) is 15.4. The Kier molecular flexibility index (Phi) is 2.98. The first-order valence-electron chi connectivity index (χ1n) is 9.13. The zero-order chi connectivity index (χ0) is 20.0. The Morgan fingerprint density at radius 3 is 2.55 bits per heavy atom. The molecule has 0 radical (unpaired) electrons. The summed E-state index contributed by atoms with van der Waals surface area (Å²) in [6.45, 7) is 0.0559. The Morgan fingerprint density at radius 1 is 1.00 bits per heavy atom. The highest BCUT2D eigenvalue weighted by Crippen LogP contribution is 2.52. The molecule has 29 heavy (non-hydrogen) atoms. The molecule has 148 valence electrons. The minimum Gasteiger partial charge on any atom is -0.629 e. The average Bonchev–Trinajstić information content (AvgIpc) is 3.35. The van der Waals surface area contributed by atoms with Crippen molar-refractivity contribution >= 4 is 11.8 Å². The van der Waals surface area contributed by atoms with E-state index in [1.165, 1.54) is 13.1 Å². The third kappa shape index (κ3) is 1.91.